The molecule has 0 radical (unpaired) electrons. The Kier molecular flexibility index (Phi) is 3.94. The zero-order valence-electron chi connectivity index (χ0n) is 12.2. The van der Waals surface area contributed by atoms with Gasteiger partial charge in [0.25, 0.3) is 0 Å². The number of hydrogen-bond donors (Lipinski definition) is 2. The highest BCUT2D eigenvalue weighted by Crippen LogP contribution is 2.30. The van der Waals surface area contributed by atoms with Crippen LogP contribution in [0, 0.1) is 5.92 Å². The SMILES string of the molecule is CC(O)C1CCN(S(=O)(=O)c2ccc3c(c2)NCCC3)C1. The van der Waals surface area contributed by atoms with E-state index in [9.17, 15) is 13.5 Å². The molecule has 2 heterocycles. The van der Waals surface area contributed by atoms with Gasteiger partial charge < -0.3 is 10.4 Å². The second-order valence-electron chi connectivity index (χ2n) is 6.00. The minimum Gasteiger partial charge on any atom is -0.393 e. The summed E-state index contributed by atoms with van der Waals surface area (Å²) in [5.41, 5.74) is 2.12. The molecule has 2 unspecified atom stereocenters. The van der Waals surface area contributed by atoms with Gasteiger partial charge in [-0.3, -0.25) is 0 Å². The first-order valence-electron chi connectivity index (χ1n) is 7.53. The van der Waals surface area contributed by atoms with E-state index in [1.54, 1.807) is 19.1 Å². The van der Waals surface area contributed by atoms with Crippen LogP contribution in [0.3, 0.4) is 0 Å². The summed E-state index contributed by atoms with van der Waals surface area (Å²) in [6.45, 7) is 3.51. The predicted molar refractivity (Wildman–Crippen MR) is 81.8 cm³/mol. The average Bonchev–Trinajstić information content (AvgIpc) is 2.97. The molecular weight excluding hydrogens is 288 g/mol. The van der Waals surface area contributed by atoms with Crippen LogP contribution in [0.2, 0.25) is 0 Å². The van der Waals surface area contributed by atoms with Crippen molar-refractivity contribution in [1.29, 1.82) is 0 Å². The lowest BCUT2D eigenvalue weighted by Gasteiger charge is -2.21. The lowest BCUT2D eigenvalue weighted by atomic mass is 10.0. The van der Waals surface area contributed by atoms with Gasteiger partial charge in [0.2, 0.25) is 10.0 Å². The number of fused-ring (bicyclic) bond motifs is 1. The van der Waals surface area contributed by atoms with Crippen LogP contribution in [0.4, 0.5) is 5.69 Å². The fraction of sp³-hybridized carbons (Fsp3) is 0.600. The summed E-state index contributed by atoms with van der Waals surface area (Å²) in [4.78, 5) is 0.349. The molecule has 0 amide bonds. The molecule has 2 N–H and O–H groups in total. The van der Waals surface area contributed by atoms with Gasteiger partial charge in [0.1, 0.15) is 0 Å². The Morgan fingerprint density at radius 2 is 2.24 bits per heavy atom. The van der Waals surface area contributed by atoms with Crippen molar-refractivity contribution in [2.45, 2.75) is 37.2 Å². The van der Waals surface area contributed by atoms with Gasteiger partial charge in [-0.2, -0.15) is 4.31 Å². The standard InChI is InChI=1S/C15H22N2O3S/c1-11(18)13-6-8-17(10-13)21(19,20)14-5-4-12-3-2-7-16-15(12)9-14/h4-5,9,11,13,16,18H,2-3,6-8,10H2,1H3. The second-order valence-corrected chi connectivity index (χ2v) is 7.94. The van der Waals surface area contributed by atoms with Crippen molar-refractivity contribution in [3.05, 3.63) is 23.8 Å². The molecule has 116 valence electrons. The van der Waals surface area contributed by atoms with E-state index >= 15 is 0 Å². The number of rotatable bonds is 3. The average molecular weight is 310 g/mol. The number of benzene rings is 1. The van der Waals surface area contributed by atoms with Gasteiger partial charge in [-0.25, -0.2) is 8.42 Å². The lowest BCUT2D eigenvalue weighted by molar-refractivity contribution is 0.133. The van der Waals surface area contributed by atoms with Crippen LogP contribution in [-0.2, 0) is 16.4 Å². The van der Waals surface area contributed by atoms with Gasteiger partial charge in [0, 0.05) is 25.3 Å². The molecule has 0 aromatic heterocycles. The maximum Gasteiger partial charge on any atom is 0.243 e. The summed E-state index contributed by atoms with van der Waals surface area (Å²) < 4.78 is 26.9. The van der Waals surface area contributed by atoms with E-state index in [2.05, 4.69) is 5.32 Å². The summed E-state index contributed by atoms with van der Waals surface area (Å²) in [6.07, 6.45) is 2.34. The number of nitrogens with one attached hydrogen (secondary N) is 1. The van der Waals surface area contributed by atoms with Gasteiger partial charge >= 0.3 is 0 Å². The molecule has 0 spiro atoms. The fourth-order valence-corrected chi connectivity index (χ4v) is 4.65. The van der Waals surface area contributed by atoms with Crippen LogP contribution in [0.1, 0.15) is 25.3 Å². The summed E-state index contributed by atoms with van der Waals surface area (Å²) in [5.74, 6) is 0.0375. The molecule has 1 aromatic rings. The summed E-state index contributed by atoms with van der Waals surface area (Å²) in [6, 6.07) is 5.37. The first kappa shape index (κ1) is 14.8. The summed E-state index contributed by atoms with van der Waals surface area (Å²) in [5, 5.41) is 12.9. The van der Waals surface area contributed by atoms with Crippen LogP contribution >= 0.6 is 0 Å². The van der Waals surface area contributed by atoms with Crippen LogP contribution in [0.25, 0.3) is 0 Å². The highest BCUT2D eigenvalue weighted by molar-refractivity contribution is 7.89. The van der Waals surface area contributed by atoms with Crippen molar-refractivity contribution in [3.63, 3.8) is 0 Å². The Labute approximate surface area is 126 Å². The van der Waals surface area contributed by atoms with Crippen molar-refractivity contribution in [2.75, 3.05) is 25.0 Å². The Hall–Kier alpha value is -1.11. The van der Waals surface area contributed by atoms with Crippen molar-refractivity contribution < 1.29 is 13.5 Å². The van der Waals surface area contributed by atoms with Crippen molar-refractivity contribution in [2.24, 2.45) is 5.92 Å². The Morgan fingerprint density at radius 3 is 2.95 bits per heavy atom. The molecule has 21 heavy (non-hydrogen) atoms. The highest BCUT2D eigenvalue weighted by Gasteiger charge is 2.34. The minimum absolute atomic E-state index is 0.0375. The molecule has 6 heteroatoms. The summed E-state index contributed by atoms with van der Waals surface area (Å²) in [7, 11) is -3.46. The maximum atomic E-state index is 12.7. The van der Waals surface area contributed by atoms with E-state index in [1.807, 2.05) is 6.07 Å². The largest absolute Gasteiger partial charge is 0.393 e. The molecule has 1 aromatic carbocycles. The topological polar surface area (TPSA) is 69.6 Å². The minimum atomic E-state index is -3.46. The highest BCUT2D eigenvalue weighted by atomic mass is 32.2. The number of aliphatic hydroxyl groups excluding tert-OH is 1. The van der Waals surface area contributed by atoms with E-state index in [4.69, 9.17) is 0 Å². The number of hydrogen-bond acceptors (Lipinski definition) is 4. The molecule has 1 saturated heterocycles. The smallest absolute Gasteiger partial charge is 0.243 e. The quantitative estimate of drug-likeness (QED) is 0.886. The first-order chi connectivity index (χ1) is 9.98. The predicted octanol–water partition coefficient (Wildman–Crippen LogP) is 1.44. The first-order valence-corrected chi connectivity index (χ1v) is 8.97. The van der Waals surface area contributed by atoms with Gasteiger partial charge in [-0.1, -0.05) is 6.07 Å². The molecular formula is C15H22N2O3S. The normalized spacial score (nSPS) is 24.4. The Morgan fingerprint density at radius 1 is 1.43 bits per heavy atom. The van der Waals surface area contributed by atoms with E-state index in [-0.39, 0.29) is 5.92 Å². The molecule has 2 aliphatic heterocycles. The molecule has 2 atom stereocenters. The van der Waals surface area contributed by atoms with Gasteiger partial charge in [-0.15, -0.1) is 0 Å². The maximum absolute atomic E-state index is 12.7. The van der Waals surface area contributed by atoms with Gasteiger partial charge in [-0.05, 0) is 49.8 Å². The number of aliphatic hydroxyl groups is 1. The van der Waals surface area contributed by atoms with E-state index in [0.717, 1.165) is 31.5 Å². The number of aryl methyl sites for hydroxylation is 1. The van der Waals surface area contributed by atoms with E-state index in [1.165, 1.54) is 9.87 Å². The van der Waals surface area contributed by atoms with Crippen molar-refractivity contribution >= 4 is 15.7 Å². The number of sulfonamides is 1. The molecule has 0 saturated carbocycles. The zero-order valence-corrected chi connectivity index (χ0v) is 13.1. The van der Waals surface area contributed by atoms with Crippen molar-refractivity contribution in [3.8, 4) is 0 Å². The Balaban J connectivity index is 1.85. The fourth-order valence-electron chi connectivity index (χ4n) is 3.12. The Bertz CT molecular complexity index is 628. The molecule has 0 aliphatic carbocycles. The van der Waals surface area contributed by atoms with Crippen LogP contribution in [0.15, 0.2) is 23.1 Å². The molecule has 3 rings (SSSR count). The second kappa shape index (κ2) is 5.59. The zero-order chi connectivity index (χ0) is 15.0. The van der Waals surface area contributed by atoms with Gasteiger partial charge in [0.05, 0.1) is 11.0 Å². The third-order valence-electron chi connectivity index (χ3n) is 4.53. The third-order valence-corrected chi connectivity index (χ3v) is 6.39. The van der Waals surface area contributed by atoms with Crippen LogP contribution in [0.5, 0.6) is 0 Å². The lowest BCUT2D eigenvalue weighted by Crippen LogP contribution is -2.30. The van der Waals surface area contributed by atoms with Crippen LogP contribution < -0.4 is 5.32 Å². The molecule has 5 nitrogen and oxygen atoms in total. The monoisotopic (exact) mass is 310 g/mol. The van der Waals surface area contributed by atoms with Gasteiger partial charge in [0.15, 0.2) is 0 Å². The van der Waals surface area contributed by atoms with Crippen LogP contribution in [-0.4, -0.2) is 43.6 Å². The van der Waals surface area contributed by atoms with E-state index in [0.29, 0.717) is 18.0 Å². The molecule has 1 fully saturated rings. The molecule has 0 bridgehead atoms. The molecule has 2 aliphatic rings. The number of anilines is 1. The van der Waals surface area contributed by atoms with E-state index < -0.39 is 16.1 Å². The van der Waals surface area contributed by atoms with Crippen molar-refractivity contribution in [1.82, 2.24) is 4.31 Å². The number of nitrogens with zero attached hydrogens (tertiary/aromatic N) is 1. The summed E-state index contributed by atoms with van der Waals surface area (Å²) >= 11 is 0. The third kappa shape index (κ3) is 2.80.